The predicted octanol–water partition coefficient (Wildman–Crippen LogP) is 2.20. The predicted molar refractivity (Wildman–Crippen MR) is 66.6 cm³/mol. The summed E-state index contributed by atoms with van der Waals surface area (Å²) in [7, 11) is 0. The third-order valence-electron chi connectivity index (χ3n) is 2.53. The summed E-state index contributed by atoms with van der Waals surface area (Å²) in [5.41, 5.74) is 7.00. The van der Waals surface area contributed by atoms with Crippen molar-refractivity contribution in [1.29, 1.82) is 0 Å². The van der Waals surface area contributed by atoms with E-state index in [4.69, 9.17) is 23.2 Å². The maximum atomic E-state index is 13.1. The third kappa shape index (κ3) is 1.93. The number of nitrogens with two attached hydrogens (primary N) is 2. The number of aromatic nitrogens is 2. The standard InChI is InChI=1S/C11H12ClFN4/c1-2-9-16-10(11(14)17(9)15)6-3-4-8(13)7(12)5-6/h3-5H,2,14-15H2,1H3. The van der Waals surface area contributed by atoms with E-state index in [1.54, 1.807) is 6.07 Å². The van der Waals surface area contributed by atoms with E-state index in [9.17, 15) is 4.39 Å². The van der Waals surface area contributed by atoms with Gasteiger partial charge in [-0.3, -0.25) is 0 Å². The van der Waals surface area contributed by atoms with E-state index in [1.165, 1.54) is 16.8 Å². The van der Waals surface area contributed by atoms with Crippen LogP contribution in [0.3, 0.4) is 0 Å². The highest BCUT2D eigenvalue weighted by molar-refractivity contribution is 6.31. The Morgan fingerprint density at radius 3 is 2.71 bits per heavy atom. The van der Waals surface area contributed by atoms with Gasteiger partial charge in [0.2, 0.25) is 0 Å². The molecule has 1 aromatic carbocycles. The first-order chi connectivity index (χ1) is 8.04. The Hall–Kier alpha value is -1.75. The van der Waals surface area contributed by atoms with Crippen LogP contribution in [0.15, 0.2) is 18.2 Å². The molecular weight excluding hydrogens is 243 g/mol. The van der Waals surface area contributed by atoms with Gasteiger partial charge in [0.1, 0.15) is 17.3 Å². The molecule has 0 aliphatic heterocycles. The van der Waals surface area contributed by atoms with E-state index in [-0.39, 0.29) is 5.02 Å². The van der Waals surface area contributed by atoms with Crippen LogP contribution >= 0.6 is 11.6 Å². The highest BCUT2D eigenvalue weighted by atomic mass is 35.5. The molecule has 0 bridgehead atoms. The summed E-state index contributed by atoms with van der Waals surface area (Å²) in [5, 5.41) is 0.0338. The maximum absolute atomic E-state index is 13.1. The summed E-state index contributed by atoms with van der Waals surface area (Å²) in [6, 6.07) is 4.33. The number of benzene rings is 1. The van der Waals surface area contributed by atoms with Gasteiger partial charge in [-0.25, -0.2) is 14.1 Å². The minimum atomic E-state index is -0.475. The van der Waals surface area contributed by atoms with E-state index in [1.807, 2.05) is 6.92 Å². The first kappa shape index (κ1) is 11.7. The van der Waals surface area contributed by atoms with Crippen LogP contribution in [0.1, 0.15) is 12.7 Å². The van der Waals surface area contributed by atoms with Gasteiger partial charge in [0.15, 0.2) is 5.82 Å². The molecule has 0 saturated carbocycles. The molecule has 2 aromatic rings. The molecule has 0 radical (unpaired) electrons. The lowest BCUT2D eigenvalue weighted by Crippen LogP contribution is -2.14. The van der Waals surface area contributed by atoms with E-state index in [0.717, 1.165) is 0 Å². The summed E-state index contributed by atoms with van der Waals surface area (Å²) < 4.78 is 14.4. The lowest BCUT2D eigenvalue weighted by Gasteiger charge is -2.01. The van der Waals surface area contributed by atoms with Crippen molar-refractivity contribution in [1.82, 2.24) is 9.66 Å². The number of halogens is 2. The minimum Gasteiger partial charge on any atom is -0.382 e. The summed E-state index contributed by atoms with van der Waals surface area (Å²) >= 11 is 5.71. The summed E-state index contributed by atoms with van der Waals surface area (Å²) in [4.78, 5) is 4.30. The first-order valence-electron chi connectivity index (χ1n) is 5.12. The van der Waals surface area contributed by atoms with E-state index in [0.29, 0.717) is 29.3 Å². The van der Waals surface area contributed by atoms with Gasteiger partial charge in [-0.05, 0) is 18.2 Å². The van der Waals surface area contributed by atoms with Gasteiger partial charge in [0, 0.05) is 12.0 Å². The van der Waals surface area contributed by atoms with Gasteiger partial charge in [0.05, 0.1) is 5.02 Å². The molecule has 6 heteroatoms. The number of rotatable bonds is 2. The second-order valence-corrected chi connectivity index (χ2v) is 4.02. The van der Waals surface area contributed by atoms with Crippen molar-refractivity contribution >= 4 is 17.4 Å². The fourth-order valence-corrected chi connectivity index (χ4v) is 1.78. The molecule has 0 spiro atoms. The topological polar surface area (TPSA) is 69.9 Å². The van der Waals surface area contributed by atoms with E-state index in [2.05, 4.69) is 4.98 Å². The molecule has 0 unspecified atom stereocenters. The van der Waals surface area contributed by atoms with Crippen molar-refractivity contribution in [2.45, 2.75) is 13.3 Å². The highest BCUT2D eigenvalue weighted by Gasteiger charge is 2.14. The lowest BCUT2D eigenvalue weighted by atomic mass is 10.1. The lowest BCUT2D eigenvalue weighted by molar-refractivity contribution is 0.628. The van der Waals surface area contributed by atoms with Crippen molar-refractivity contribution in [2.75, 3.05) is 11.6 Å². The van der Waals surface area contributed by atoms with Crippen LogP contribution in [-0.4, -0.2) is 9.66 Å². The van der Waals surface area contributed by atoms with Crippen LogP contribution in [0.2, 0.25) is 5.02 Å². The molecule has 1 aromatic heterocycles. The largest absolute Gasteiger partial charge is 0.382 e. The van der Waals surface area contributed by atoms with Crippen LogP contribution in [0.5, 0.6) is 0 Å². The zero-order valence-electron chi connectivity index (χ0n) is 9.24. The van der Waals surface area contributed by atoms with Gasteiger partial charge in [-0.1, -0.05) is 18.5 Å². The monoisotopic (exact) mass is 254 g/mol. The molecule has 2 rings (SSSR count). The van der Waals surface area contributed by atoms with Gasteiger partial charge in [-0.15, -0.1) is 0 Å². The van der Waals surface area contributed by atoms with Gasteiger partial charge >= 0.3 is 0 Å². The molecule has 0 amide bonds. The molecule has 0 atom stereocenters. The number of hydrogen-bond acceptors (Lipinski definition) is 3. The molecular formula is C11H12ClFN4. The fourth-order valence-electron chi connectivity index (χ4n) is 1.60. The average molecular weight is 255 g/mol. The zero-order valence-corrected chi connectivity index (χ0v) is 10.0. The molecule has 4 N–H and O–H groups in total. The number of anilines is 1. The smallest absolute Gasteiger partial charge is 0.150 e. The summed E-state index contributed by atoms with van der Waals surface area (Å²) in [6.07, 6.45) is 0.662. The molecule has 17 heavy (non-hydrogen) atoms. The second kappa shape index (κ2) is 4.25. The van der Waals surface area contributed by atoms with Crippen molar-refractivity contribution < 1.29 is 4.39 Å². The van der Waals surface area contributed by atoms with Crippen molar-refractivity contribution in [3.05, 3.63) is 34.9 Å². The molecule has 0 fully saturated rings. The van der Waals surface area contributed by atoms with E-state index >= 15 is 0 Å². The summed E-state index contributed by atoms with van der Waals surface area (Å²) in [5.74, 6) is 6.27. The minimum absolute atomic E-state index is 0.0338. The first-order valence-corrected chi connectivity index (χ1v) is 5.50. The van der Waals surface area contributed by atoms with Crippen LogP contribution in [-0.2, 0) is 6.42 Å². The highest BCUT2D eigenvalue weighted by Crippen LogP contribution is 2.28. The number of aryl methyl sites for hydroxylation is 1. The molecule has 0 aliphatic rings. The average Bonchev–Trinajstić information content (AvgIpc) is 2.60. The Labute approximate surface area is 103 Å². The van der Waals surface area contributed by atoms with E-state index < -0.39 is 5.82 Å². The van der Waals surface area contributed by atoms with Gasteiger partial charge in [0.25, 0.3) is 0 Å². The molecule has 0 saturated heterocycles. The number of nitrogens with zero attached hydrogens (tertiary/aromatic N) is 2. The Morgan fingerprint density at radius 1 is 1.47 bits per heavy atom. The SMILES string of the molecule is CCc1nc(-c2ccc(F)c(Cl)c2)c(N)n1N. The third-order valence-corrected chi connectivity index (χ3v) is 2.82. The van der Waals surface area contributed by atoms with Crippen molar-refractivity contribution in [2.24, 2.45) is 0 Å². The number of hydrogen-bond donors (Lipinski definition) is 2. The molecule has 90 valence electrons. The second-order valence-electron chi connectivity index (χ2n) is 3.61. The van der Waals surface area contributed by atoms with Gasteiger partial charge in [-0.2, -0.15) is 0 Å². The quantitative estimate of drug-likeness (QED) is 0.807. The molecule has 4 nitrogen and oxygen atoms in total. The number of nitrogen functional groups attached to an aromatic ring is 2. The number of imidazole rings is 1. The normalized spacial score (nSPS) is 10.8. The Bertz CT molecular complexity index is 565. The van der Waals surface area contributed by atoms with Crippen LogP contribution in [0, 0.1) is 5.82 Å². The van der Waals surface area contributed by atoms with Gasteiger partial charge < -0.3 is 11.6 Å². The van der Waals surface area contributed by atoms with Crippen LogP contribution < -0.4 is 11.6 Å². The Morgan fingerprint density at radius 2 is 2.18 bits per heavy atom. The maximum Gasteiger partial charge on any atom is 0.150 e. The zero-order chi connectivity index (χ0) is 12.6. The molecule has 0 aliphatic carbocycles. The molecule has 1 heterocycles. The van der Waals surface area contributed by atoms with Crippen LogP contribution in [0.25, 0.3) is 11.3 Å². The van der Waals surface area contributed by atoms with Crippen molar-refractivity contribution in [3.8, 4) is 11.3 Å². The van der Waals surface area contributed by atoms with Crippen LogP contribution in [0.4, 0.5) is 10.2 Å². The Balaban J connectivity index is 2.56. The summed E-state index contributed by atoms with van der Waals surface area (Å²) in [6.45, 7) is 1.92. The van der Waals surface area contributed by atoms with Crippen molar-refractivity contribution in [3.63, 3.8) is 0 Å². The fraction of sp³-hybridized carbons (Fsp3) is 0.182. The Kier molecular flexibility index (Phi) is 2.93.